The van der Waals surface area contributed by atoms with Crippen molar-refractivity contribution in [2.24, 2.45) is 4.99 Å². The molecule has 10 heteroatoms. The second-order valence-electron chi connectivity index (χ2n) is 6.51. The number of nitro groups is 1. The molecule has 0 aromatic heterocycles. The van der Waals surface area contributed by atoms with E-state index < -0.39 is 20.7 Å². The predicted octanol–water partition coefficient (Wildman–Crippen LogP) is 2.51. The van der Waals surface area contributed by atoms with Crippen LogP contribution in [0.25, 0.3) is 0 Å². The summed E-state index contributed by atoms with van der Waals surface area (Å²) in [6.45, 7) is 0. The number of nitro benzene ring substituents is 1. The van der Waals surface area contributed by atoms with E-state index in [2.05, 4.69) is 4.99 Å². The Morgan fingerprint density at radius 3 is 2.61 bits per heavy atom. The lowest BCUT2D eigenvalue weighted by molar-refractivity contribution is -0.384. The molecule has 2 aromatic rings. The highest BCUT2D eigenvalue weighted by molar-refractivity contribution is 8.16. The lowest BCUT2D eigenvalue weighted by Crippen LogP contribution is -2.37. The topological polar surface area (TPSA) is 110 Å². The number of nitrogens with zero attached hydrogens (tertiary/aromatic N) is 3. The van der Waals surface area contributed by atoms with Gasteiger partial charge in [0.25, 0.3) is 11.6 Å². The summed E-state index contributed by atoms with van der Waals surface area (Å²) >= 11 is 1.26. The number of aliphatic imine (C=N–C) groups is 1. The van der Waals surface area contributed by atoms with E-state index in [-0.39, 0.29) is 34.0 Å². The molecule has 4 rings (SSSR count). The average Bonchev–Trinajstić information content (AvgIpc) is 3.13. The number of rotatable bonds is 3. The molecule has 2 aliphatic heterocycles. The quantitative estimate of drug-likeness (QED) is 0.557. The molecular weight excluding hydrogens is 402 g/mol. The van der Waals surface area contributed by atoms with Crippen molar-refractivity contribution in [1.29, 1.82) is 0 Å². The van der Waals surface area contributed by atoms with Crippen LogP contribution in [0.1, 0.15) is 10.4 Å². The summed E-state index contributed by atoms with van der Waals surface area (Å²) in [4.78, 5) is 29.0. The van der Waals surface area contributed by atoms with Gasteiger partial charge in [-0.3, -0.25) is 14.9 Å². The SMILES string of the molecule is O=C(N=C1SC2CS(=O)(=O)CC2N1c1ccccc1)c1cccc([N+](=O)[O-])c1. The molecule has 2 aromatic carbocycles. The first-order valence-corrected chi connectivity index (χ1v) is 11.1. The van der Waals surface area contributed by atoms with Crippen LogP contribution in [0.2, 0.25) is 0 Å². The Balaban J connectivity index is 1.70. The maximum atomic E-state index is 12.6. The van der Waals surface area contributed by atoms with Crippen molar-refractivity contribution in [2.45, 2.75) is 11.3 Å². The van der Waals surface area contributed by atoms with Gasteiger partial charge in [0.05, 0.1) is 22.5 Å². The van der Waals surface area contributed by atoms with Crippen LogP contribution in [-0.2, 0) is 9.84 Å². The Hall–Kier alpha value is -2.72. The van der Waals surface area contributed by atoms with Gasteiger partial charge in [-0.05, 0) is 18.2 Å². The van der Waals surface area contributed by atoms with Crippen molar-refractivity contribution in [1.82, 2.24) is 0 Å². The Bertz CT molecular complexity index is 1090. The summed E-state index contributed by atoms with van der Waals surface area (Å²) in [6, 6.07) is 14.3. The largest absolute Gasteiger partial charge is 0.316 e. The number of sulfone groups is 1. The van der Waals surface area contributed by atoms with Crippen LogP contribution in [0.15, 0.2) is 59.6 Å². The number of amides is 1. The molecule has 2 atom stereocenters. The summed E-state index contributed by atoms with van der Waals surface area (Å²) in [7, 11) is -3.14. The predicted molar refractivity (Wildman–Crippen MR) is 108 cm³/mol. The molecule has 0 bridgehead atoms. The van der Waals surface area contributed by atoms with E-state index in [0.29, 0.717) is 5.17 Å². The Morgan fingerprint density at radius 2 is 1.89 bits per heavy atom. The third-order valence-corrected chi connectivity index (χ3v) is 7.81. The first-order chi connectivity index (χ1) is 13.3. The molecular formula is C18H15N3O5S2. The van der Waals surface area contributed by atoms with Crippen LogP contribution in [0.4, 0.5) is 11.4 Å². The number of carbonyl (C=O) groups excluding carboxylic acids is 1. The van der Waals surface area contributed by atoms with Gasteiger partial charge in [-0.2, -0.15) is 4.99 Å². The van der Waals surface area contributed by atoms with Crippen LogP contribution < -0.4 is 4.90 Å². The molecule has 144 valence electrons. The molecule has 2 aliphatic rings. The van der Waals surface area contributed by atoms with Gasteiger partial charge in [-0.1, -0.05) is 36.0 Å². The Morgan fingerprint density at radius 1 is 1.14 bits per heavy atom. The number of thioether (sulfide) groups is 1. The molecule has 1 amide bonds. The van der Waals surface area contributed by atoms with Gasteiger partial charge in [0, 0.05) is 28.6 Å². The van der Waals surface area contributed by atoms with E-state index >= 15 is 0 Å². The number of amidine groups is 1. The smallest absolute Gasteiger partial charge is 0.279 e. The van der Waals surface area contributed by atoms with E-state index in [1.165, 1.54) is 36.0 Å². The molecule has 0 radical (unpaired) electrons. The van der Waals surface area contributed by atoms with Gasteiger partial charge in [-0.25, -0.2) is 8.42 Å². The van der Waals surface area contributed by atoms with Crippen LogP contribution in [0.5, 0.6) is 0 Å². The fraction of sp³-hybridized carbons (Fsp3) is 0.222. The fourth-order valence-corrected chi connectivity index (χ4v) is 7.27. The van der Waals surface area contributed by atoms with Crippen molar-refractivity contribution >= 4 is 44.0 Å². The minimum atomic E-state index is -3.14. The number of benzene rings is 2. The maximum absolute atomic E-state index is 12.6. The van der Waals surface area contributed by atoms with E-state index in [1.807, 2.05) is 30.3 Å². The summed E-state index contributed by atoms with van der Waals surface area (Å²) in [6.07, 6.45) is 0. The van der Waals surface area contributed by atoms with Crippen LogP contribution in [0, 0.1) is 10.1 Å². The Kier molecular flexibility index (Phi) is 4.68. The summed E-state index contributed by atoms with van der Waals surface area (Å²) in [5.74, 6) is -0.561. The number of carbonyl (C=O) groups is 1. The first kappa shape index (κ1) is 18.6. The van der Waals surface area contributed by atoms with Gasteiger partial charge >= 0.3 is 0 Å². The number of hydrogen-bond acceptors (Lipinski definition) is 6. The summed E-state index contributed by atoms with van der Waals surface area (Å²) in [5, 5.41) is 11.1. The van der Waals surface area contributed by atoms with E-state index in [0.717, 1.165) is 5.69 Å². The maximum Gasteiger partial charge on any atom is 0.279 e. The average molecular weight is 417 g/mol. The highest BCUT2D eigenvalue weighted by atomic mass is 32.2. The highest BCUT2D eigenvalue weighted by Gasteiger charge is 2.49. The zero-order valence-corrected chi connectivity index (χ0v) is 16.1. The van der Waals surface area contributed by atoms with E-state index in [9.17, 15) is 23.3 Å². The standard InChI is InChI=1S/C18H15N3O5S2/c22-17(12-5-4-8-14(9-12)21(23)24)19-18-20(13-6-2-1-3-7-13)15-10-28(25,26)11-16(15)27-18/h1-9,15-16H,10-11H2. The fourth-order valence-electron chi connectivity index (χ4n) is 3.36. The minimum absolute atomic E-state index is 0.00355. The normalized spacial score (nSPS) is 24.3. The third kappa shape index (κ3) is 3.52. The summed E-state index contributed by atoms with van der Waals surface area (Å²) in [5.41, 5.74) is 0.679. The van der Waals surface area contributed by atoms with Crippen molar-refractivity contribution < 1.29 is 18.1 Å². The zero-order valence-electron chi connectivity index (χ0n) is 14.5. The van der Waals surface area contributed by atoms with Crippen molar-refractivity contribution in [2.75, 3.05) is 16.4 Å². The van der Waals surface area contributed by atoms with Gasteiger partial charge in [-0.15, -0.1) is 0 Å². The lowest BCUT2D eigenvalue weighted by Gasteiger charge is -2.24. The molecule has 2 saturated heterocycles. The number of para-hydroxylation sites is 1. The molecule has 0 aliphatic carbocycles. The number of anilines is 1. The number of hydrogen-bond donors (Lipinski definition) is 0. The lowest BCUT2D eigenvalue weighted by atomic mass is 10.2. The monoisotopic (exact) mass is 417 g/mol. The molecule has 0 spiro atoms. The van der Waals surface area contributed by atoms with Crippen LogP contribution in [0.3, 0.4) is 0 Å². The Labute approximate surface area is 165 Å². The van der Waals surface area contributed by atoms with Gasteiger partial charge in [0.15, 0.2) is 15.0 Å². The molecule has 2 fully saturated rings. The minimum Gasteiger partial charge on any atom is -0.316 e. The van der Waals surface area contributed by atoms with Crippen molar-refractivity contribution in [3.05, 3.63) is 70.3 Å². The van der Waals surface area contributed by atoms with Crippen LogP contribution >= 0.6 is 11.8 Å². The molecule has 0 saturated carbocycles. The molecule has 2 unspecified atom stereocenters. The summed E-state index contributed by atoms with van der Waals surface area (Å²) < 4.78 is 24.1. The first-order valence-electron chi connectivity index (χ1n) is 8.43. The second kappa shape index (κ2) is 7.02. The van der Waals surface area contributed by atoms with Crippen molar-refractivity contribution in [3.8, 4) is 0 Å². The molecule has 0 N–H and O–H groups in total. The van der Waals surface area contributed by atoms with Gasteiger partial charge in [0.1, 0.15) is 0 Å². The van der Waals surface area contributed by atoms with Gasteiger partial charge in [0.2, 0.25) is 0 Å². The van der Waals surface area contributed by atoms with Crippen LogP contribution in [-0.4, -0.2) is 47.2 Å². The van der Waals surface area contributed by atoms with E-state index in [1.54, 1.807) is 4.90 Å². The molecule has 8 nitrogen and oxygen atoms in total. The van der Waals surface area contributed by atoms with Crippen molar-refractivity contribution in [3.63, 3.8) is 0 Å². The molecule has 2 heterocycles. The van der Waals surface area contributed by atoms with E-state index in [4.69, 9.17) is 0 Å². The van der Waals surface area contributed by atoms with Gasteiger partial charge < -0.3 is 4.90 Å². The number of non-ortho nitro benzene ring substituents is 1. The second-order valence-corrected chi connectivity index (χ2v) is 9.87. The zero-order chi connectivity index (χ0) is 19.9. The molecule has 28 heavy (non-hydrogen) atoms. The third-order valence-electron chi connectivity index (χ3n) is 4.60. The number of fused-ring (bicyclic) bond motifs is 1. The highest BCUT2D eigenvalue weighted by Crippen LogP contribution is 2.41.